The topological polar surface area (TPSA) is 107 Å². The Morgan fingerprint density at radius 1 is 0.946 bits per heavy atom. The van der Waals surface area contributed by atoms with Crippen LogP contribution in [-0.2, 0) is 13.6 Å². The van der Waals surface area contributed by atoms with Gasteiger partial charge in [0.15, 0.2) is 0 Å². The van der Waals surface area contributed by atoms with E-state index in [4.69, 9.17) is 0 Å². The Hall–Kier alpha value is -4.44. The van der Waals surface area contributed by atoms with Crippen LogP contribution in [0.25, 0.3) is 10.9 Å². The number of hydrogen-bond acceptors (Lipinski definition) is 6. The second-order valence-electron chi connectivity index (χ2n) is 9.20. The highest BCUT2D eigenvalue weighted by Crippen LogP contribution is 2.21. The summed E-state index contributed by atoms with van der Waals surface area (Å²) in [5.41, 5.74) is 3.67. The van der Waals surface area contributed by atoms with E-state index in [-0.39, 0.29) is 11.9 Å². The number of carbonyl (C=O) groups is 2. The fraction of sp³-hybridized carbons (Fsp3) is 0.259. The standard InChI is InChI=1S/C27H30N8O2/c1-33-11-13-35(14-12-33)27(37)31-25-15-19(9-10-28-25)17-29-23-6-4-3-5-22(23)26(36)30-21-8-7-20-18-34(2)32-24(20)16-21/h3-10,15-16,18,29H,11-14,17H2,1-2H3,(H,30,36)(H,28,31,37). The Morgan fingerprint density at radius 2 is 1.76 bits per heavy atom. The average molecular weight is 499 g/mol. The number of fused-ring (bicyclic) bond motifs is 1. The molecule has 0 bridgehead atoms. The largest absolute Gasteiger partial charge is 0.380 e. The van der Waals surface area contributed by atoms with Crippen molar-refractivity contribution < 1.29 is 9.59 Å². The van der Waals surface area contributed by atoms with Crippen molar-refractivity contribution in [2.75, 3.05) is 49.2 Å². The number of likely N-dealkylation sites (N-methyl/N-ethyl adjacent to an activating group) is 1. The van der Waals surface area contributed by atoms with Gasteiger partial charge in [0, 0.05) is 68.9 Å². The van der Waals surface area contributed by atoms with Crippen molar-refractivity contribution in [1.29, 1.82) is 0 Å². The van der Waals surface area contributed by atoms with Crippen LogP contribution in [0.5, 0.6) is 0 Å². The summed E-state index contributed by atoms with van der Waals surface area (Å²) in [5.74, 6) is 0.285. The summed E-state index contributed by atoms with van der Waals surface area (Å²) in [6, 6.07) is 16.6. The first-order chi connectivity index (χ1) is 17.9. The molecule has 3 N–H and O–H groups in total. The second-order valence-corrected chi connectivity index (χ2v) is 9.20. The van der Waals surface area contributed by atoms with Gasteiger partial charge in [-0.3, -0.25) is 14.8 Å². The SMILES string of the molecule is CN1CCN(C(=O)Nc2cc(CNc3ccccc3C(=O)Nc3ccc4cn(C)nc4c3)ccn2)CC1. The monoisotopic (exact) mass is 498 g/mol. The van der Waals surface area contributed by atoms with Gasteiger partial charge in [-0.15, -0.1) is 0 Å². The zero-order chi connectivity index (χ0) is 25.8. The Balaban J connectivity index is 1.22. The maximum Gasteiger partial charge on any atom is 0.323 e. The average Bonchev–Trinajstić information content (AvgIpc) is 3.27. The van der Waals surface area contributed by atoms with Gasteiger partial charge in [-0.1, -0.05) is 12.1 Å². The van der Waals surface area contributed by atoms with Gasteiger partial charge in [0.05, 0.1) is 11.1 Å². The maximum absolute atomic E-state index is 13.1. The molecule has 37 heavy (non-hydrogen) atoms. The minimum absolute atomic E-state index is 0.142. The van der Waals surface area contributed by atoms with Gasteiger partial charge in [0.25, 0.3) is 5.91 Å². The van der Waals surface area contributed by atoms with E-state index in [0.29, 0.717) is 42.4 Å². The highest BCUT2D eigenvalue weighted by molar-refractivity contribution is 6.08. The summed E-state index contributed by atoms with van der Waals surface area (Å²) in [7, 11) is 3.92. The van der Waals surface area contributed by atoms with Gasteiger partial charge in [0.2, 0.25) is 0 Å². The van der Waals surface area contributed by atoms with E-state index >= 15 is 0 Å². The summed E-state index contributed by atoms with van der Waals surface area (Å²) in [6.07, 6.45) is 3.60. The minimum Gasteiger partial charge on any atom is -0.380 e. The molecule has 2 aromatic heterocycles. The van der Waals surface area contributed by atoms with Crippen LogP contribution >= 0.6 is 0 Å². The van der Waals surface area contributed by atoms with Gasteiger partial charge < -0.3 is 20.4 Å². The number of aromatic nitrogens is 3. The number of piperazine rings is 1. The predicted molar refractivity (Wildman–Crippen MR) is 145 cm³/mol. The molecule has 5 rings (SSSR count). The molecule has 1 aliphatic rings. The number of hydrogen-bond donors (Lipinski definition) is 3. The minimum atomic E-state index is -0.215. The third-order valence-corrected chi connectivity index (χ3v) is 6.38. The summed E-state index contributed by atoms with van der Waals surface area (Å²) < 4.78 is 1.75. The number of anilines is 3. The van der Waals surface area contributed by atoms with E-state index in [1.54, 1.807) is 21.8 Å². The van der Waals surface area contributed by atoms with E-state index in [0.717, 1.165) is 29.6 Å². The van der Waals surface area contributed by atoms with Crippen LogP contribution in [0.4, 0.5) is 22.0 Å². The van der Waals surface area contributed by atoms with Gasteiger partial charge in [-0.2, -0.15) is 5.10 Å². The van der Waals surface area contributed by atoms with E-state index in [1.807, 2.05) is 61.8 Å². The first-order valence-corrected chi connectivity index (χ1v) is 12.2. The number of amides is 3. The van der Waals surface area contributed by atoms with Gasteiger partial charge in [-0.05, 0) is 55.1 Å². The third-order valence-electron chi connectivity index (χ3n) is 6.38. The molecule has 3 heterocycles. The van der Waals surface area contributed by atoms with Crippen LogP contribution in [-0.4, -0.2) is 69.7 Å². The highest BCUT2D eigenvalue weighted by atomic mass is 16.2. The van der Waals surface area contributed by atoms with Crippen molar-refractivity contribution in [3.63, 3.8) is 0 Å². The number of nitrogens with one attached hydrogen (secondary N) is 3. The lowest BCUT2D eigenvalue weighted by Gasteiger charge is -2.32. The van der Waals surface area contributed by atoms with Crippen LogP contribution < -0.4 is 16.0 Å². The van der Waals surface area contributed by atoms with E-state index in [9.17, 15) is 9.59 Å². The van der Waals surface area contributed by atoms with E-state index in [2.05, 4.69) is 38.0 Å². The molecule has 10 nitrogen and oxygen atoms in total. The molecule has 2 aromatic carbocycles. The number of nitrogens with zero attached hydrogens (tertiary/aromatic N) is 5. The third kappa shape index (κ3) is 5.87. The van der Waals surface area contributed by atoms with Gasteiger partial charge in [-0.25, -0.2) is 9.78 Å². The molecule has 190 valence electrons. The Morgan fingerprint density at radius 3 is 2.59 bits per heavy atom. The highest BCUT2D eigenvalue weighted by Gasteiger charge is 2.19. The Kier molecular flexibility index (Phi) is 7.00. The zero-order valence-electron chi connectivity index (χ0n) is 20.9. The van der Waals surface area contributed by atoms with Crippen LogP contribution in [0.2, 0.25) is 0 Å². The van der Waals surface area contributed by atoms with Crippen LogP contribution in [0, 0.1) is 0 Å². The fourth-order valence-corrected chi connectivity index (χ4v) is 4.30. The fourth-order valence-electron chi connectivity index (χ4n) is 4.30. The molecule has 0 atom stereocenters. The number of pyridine rings is 1. The van der Waals surface area contributed by atoms with E-state index in [1.165, 1.54) is 0 Å². The lowest BCUT2D eigenvalue weighted by atomic mass is 10.1. The van der Waals surface area contributed by atoms with Crippen molar-refractivity contribution >= 4 is 40.0 Å². The number of aryl methyl sites for hydroxylation is 1. The molecule has 0 aliphatic carbocycles. The first-order valence-electron chi connectivity index (χ1n) is 12.2. The maximum atomic E-state index is 13.1. The van der Waals surface area contributed by atoms with Crippen LogP contribution in [0.3, 0.4) is 0 Å². The smallest absolute Gasteiger partial charge is 0.323 e. The predicted octanol–water partition coefficient (Wildman–Crippen LogP) is 3.61. The number of urea groups is 1. The molecular formula is C27H30N8O2. The van der Waals surface area contributed by atoms with Crippen LogP contribution in [0.1, 0.15) is 15.9 Å². The number of para-hydroxylation sites is 1. The molecule has 10 heteroatoms. The van der Waals surface area contributed by atoms with Crippen molar-refractivity contribution in [1.82, 2.24) is 24.6 Å². The molecule has 1 aliphatic heterocycles. The first kappa shape index (κ1) is 24.3. The van der Waals surface area contributed by atoms with Crippen molar-refractivity contribution in [2.45, 2.75) is 6.54 Å². The van der Waals surface area contributed by atoms with E-state index < -0.39 is 0 Å². The quantitative estimate of drug-likeness (QED) is 0.375. The second kappa shape index (κ2) is 10.7. The van der Waals surface area contributed by atoms with Crippen molar-refractivity contribution in [3.8, 4) is 0 Å². The number of benzene rings is 2. The summed E-state index contributed by atoms with van der Waals surface area (Å²) in [6.45, 7) is 3.56. The Labute approximate surface area is 215 Å². The lowest BCUT2D eigenvalue weighted by molar-refractivity contribution is 0.102. The van der Waals surface area contributed by atoms with Crippen molar-refractivity contribution in [2.24, 2.45) is 7.05 Å². The summed E-state index contributed by atoms with van der Waals surface area (Å²) in [5, 5.41) is 14.6. The molecule has 0 saturated carbocycles. The molecule has 4 aromatic rings. The molecule has 1 fully saturated rings. The molecule has 0 radical (unpaired) electrons. The Bertz CT molecular complexity index is 1420. The van der Waals surface area contributed by atoms with Gasteiger partial charge >= 0.3 is 6.03 Å². The van der Waals surface area contributed by atoms with Crippen LogP contribution in [0.15, 0.2) is 67.0 Å². The normalized spacial score (nSPS) is 13.9. The molecular weight excluding hydrogens is 468 g/mol. The van der Waals surface area contributed by atoms with Crippen molar-refractivity contribution in [3.05, 3.63) is 78.1 Å². The number of rotatable bonds is 6. The lowest BCUT2D eigenvalue weighted by Crippen LogP contribution is -2.48. The summed E-state index contributed by atoms with van der Waals surface area (Å²) in [4.78, 5) is 34.0. The molecule has 0 unspecified atom stereocenters. The van der Waals surface area contributed by atoms with Gasteiger partial charge in [0.1, 0.15) is 5.82 Å². The molecule has 0 spiro atoms. The summed E-state index contributed by atoms with van der Waals surface area (Å²) >= 11 is 0. The zero-order valence-corrected chi connectivity index (χ0v) is 20.9. The molecule has 3 amide bonds. The number of carbonyl (C=O) groups excluding carboxylic acids is 2. The molecule has 1 saturated heterocycles.